The number of nitriles is 3. The Balaban J connectivity index is 0.000000149. The molecule has 0 spiro atoms. The van der Waals surface area contributed by atoms with Gasteiger partial charge in [-0.2, -0.15) is 15.8 Å². The van der Waals surface area contributed by atoms with Crippen LogP contribution in [0.4, 0.5) is 0 Å². The second kappa shape index (κ2) is 44.0. The molecular formula is C107H100Cl3N9O18. The topological polar surface area (TPSA) is 346 Å². The third-order valence-corrected chi connectivity index (χ3v) is 25.9. The zero-order valence-corrected chi connectivity index (χ0v) is 78.3. The predicted molar refractivity (Wildman–Crippen MR) is 513 cm³/mol. The summed E-state index contributed by atoms with van der Waals surface area (Å²) < 4.78 is 72.0. The number of likely N-dealkylation sites (tertiary alicyclic amines) is 3. The van der Waals surface area contributed by atoms with Crippen molar-refractivity contribution < 1.29 is 86.9 Å². The van der Waals surface area contributed by atoms with Gasteiger partial charge < -0.3 is 77.3 Å². The van der Waals surface area contributed by atoms with E-state index in [1.165, 1.54) is 18.6 Å². The van der Waals surface area contributed by atoms with Gasteiger partial charge in [0, 0.05) is 134 Å². The number of β-amino-alcohol motifs (C(OH)–C–C–N with tert-alkyl or cyclic N) is 1. The second-order valence-electron chi connectivity index (χ2n) is 34.4. The van der Waals surface area contributed by atoms with E-state index in [1.807, 2.05) is 115 Å². The number of hydrogen-bond donors (Lipinski definition) is 4. The third kappa shape index (κ3) is 23.1. The van der Waals surface area contributed by atoms with Crippen LogP contribution >= 0.6 is 34.8 Å². The number of halogens is 3. The summed E-state index contributed by atoms with van der Waals surface area (Å²) in [5.41, 5.74) is 18.1. The molecule has 3 fully saturated rings. The number of carboxylic acid groups (broad SMARTS) is 2. The highest BCUT2D eigenvalue weighted by atomic mass is 35.5. The molecule has 9 aromatic carbocycles. The van der Waals surface area contributed by atoms with E-state index in [2.05, 4.69) is 83.6 Å². The molecular weight excluding hydrogens is 1810 g/mol. The first-order valence-electron chi connectivity index (χ1n) is 44.8. The smallest absolute Gasteiger partial charge is 0.321 e. The van der Waals surface area contributed by atoms with Gasteiger partial charge in [0.15, 0.2) is 34.5 Å². The number of benzene rings is 9. The van der Waals surface area contributed by atoms with Gasteiger partial charge in [-0.15, -0.1) is 0 Å². The van der Waals surface area contributed by atoms with Crippen LogP contribution in [0.15, 0.2) is 213 Å². The zero-order valence-electron chi connectivity index (χ0n) is 76.0. The predicted octanol–water partition coefficient (Wildman–Crippen LogP) is 19.7. The van der Waals surface area contributed by atoms with Crippen molar-refractivity contribution in [2.24, 2.45) is 11.8 Å². The fourth-order valence-corrected chi connectivity index (χ4v) is 18.3. The van der Waals surface area contributed by atoms with Crippen molar-refractivity contribution in [3.63, 3.8) is 0 Å². The zero-order chi connectivity index (χ0) is 95.9. The molecule has 3 saturated heterocycles. The van der Waals surface area contributed by atoms with Gasteiger partial charge in [-0.05, 0) is 179 Å². The Bertz CT molecular complexity index is 6640. The Morgan fingerprint density at radius 1 is 0.416 bits per heavy atom. The van der Waals surface area contributed by atoms with E-state index in [0.717, 1.165) is 136 Å². The van der Waals surface area contributed by atoms with E-state index in [0.29, 0.717) is 150 Å². The highest BCUT2D eigenvalue weighted by Crippen LogP contribution is 2.45. The summed E-state index contributed by atoms with van der Waals surface area (Å²) in [6.07, 6.45) is 10.1. The highest BCUT2D eigenvalue weighted by molar-refractivity contribution is 6.33. The minimum Gasteiger partial charge on any atom is -0.511 e. The molecule has 702 valence electrons. The number of pyridine rings is 3. The molecule has 0 saturated carbocycles. The molecule has 6 atom stereocenters. The van der Waals surface area contributed by atoms with Crippen LogP contribution in [0, 0.1) is 66.6 Å². The van der Waals surface area contributed by atoms with Crippen LogP contribution in [0.25, 0.3) is 33.4 Å². The first kappa shape index (κ1) is 95.8. The van der Waals surface area contributed by atoms with Crippen LogP contribution in [0.5, 0.6) is 69.0 Å². The van der Waals surface area contributed by atoms with E-state index >= 15 is 0 Å². The molecule has 27 nitrogen and oxygen atoms in total. The summed E-state index contributed by atoms with van der Waals surface area (Å²) in [5.74, 6) is 5.43. The minimum absolute atomic E-state index is 0.0986. The third-order valence-electron chi connectivity index (χ3n) is 25.1. The number of aliphatic hydroxyl groups is 2. The number of rotatable bonds is 30. The SMILES string of the molecule is C=C(O)[C@@H]1CCN1Cc1cc(Cl)c(OCc2cccc(-c3ccc4c(c3)OCCO4)c2C)cc1OCc1cncc(C#N)c1.Cc1c(COc2cc(OCc3cncc(C#N)c3)c(CN3CC(O)C(C)[C@H]3C(=O)O)cc2Cl)cccc1-c1ccc2c(c1)OCCO2.Cc1c(COc2cc(OCc3cncc(C#N)c3)c(CN3C[C@@H](C)C[C@H]3C(=O)O)cc2Cl)cccc1-c1ccc2c(c1)OCCO2. The first-order chi connectivity index (χ1) is 66.4. The molecule has 9 heterocycles. The maximum absolute atomic E-state index is 12.1. The van der Waals surface area contributed by atoms with Gasteiger partial charge in [-0.1, -0.05) is 128 Å². The average molecular weight is 1910 g/mol. The molecule has 3 aromatic heterocycles. The molecule has 18 rings (SSSR count). The Morgan fingerprint density at radius 3 is 1.10 bits per heavy atom. The maximum Gasteiger partial charge on any atom is 0.321 e. The molecule has 4 N–H and O–H groups in total. The number of fused-ring (bicyclic) bond motifs is 3. The van der Waals surface area contributed by atoms with E-state index in [4.69, 9.17) is 91.6 Å². The summed E-state index contributed by atoms with van der Waals surface area (Å²) in [4.78, 5) is 42.2. The Labute approximate surface area is 808 Å². The number of aromatic nitrogens is 3. The van der Waals surface area contributed by atoms with Gasteiger partial charge in [0.25, 0.3) is 0 Å². The molecule has 0 amide bonds. The molecule has 12 aromatic rings. The first-order valence-corrected chi connectivity index (χ1v) is 46.0. The normalized spacial score (nSPS) is 17.3. The molecule has 2 unspecified atom stereocenters. The summed E-state index contributed by atoms with van der Waals surface area (Å²) in [6.45, 7) is 20.9. The Morgan fingerprint density at radius 2 is 0.766 bits per heavy atom. The molecule has 0 radical (unpaired) electrons. The van der Waals surface area contributed by atoms with Crippen molar-refractivity contribution in [2.75, 3.05) is 59.3 Å². The standard InChI is InChI=1S/C36H34ClN3O7.C36H34ClN3O6.C35H32ClN3O5/c1-21-26(4-3-5-28(21)25-6-7-31-34(12-25)45-9-8-44-31)20-47-33-13-32(46-19-24-10-23(14-38)15-39-16-24)27(11-29(33)37)17-40-18-30(41)22(2)35(40)36(42)43;1-22-10-31(36(41)42)40(18-22)19-28-12-30(37)34(14-33(28)45-20-25-11-24(15-38)16-39-17-25)46-21-27-4-3-5-29(23(27)2)26-6-7-32-35(13-26)44-9-8-43-32;1-22-27(4-3-5-29(22)26-6-7-32-35(14-26)42-11-10-41-32)21-44-34-15-33(43-20-25-12-24(16-37)17-38-18-25)28(13-30(34)36)19-39-9-8-31(39)23(2)40/h3-7,10-13,15-16,22,30,35,41H,8-9,17-20H2,1-2H3,(H,42,43);3-7,11-14,16-17,22,31H,8-10,18-21H2,1-2H3,(H,41,42);3-7,12-15,17-18,31,40H,2,8-11,19-21H2,1H3/t22?,30?,35-;22-,31-;31-/m000/s1. The van der Waals surface area contributed by atoms with E-state index < -0.39 is 36.0 Å². The lowest BCUT2D eigenvalue weighted by Crippen LogP contribution is -2.47. The number of hydrogen-bond acceptors (Lipinski definition) is 25. The summed E-state index contributed by atoms with van der Waals surface area (Å²) >= 11 is 20.3. The van der Waals surface area contributed by atoms with Crippen molar-refractivity contribution in [1.82, 2.24) is 29.7 Å². The van der Waals surface area contributed by atoms with Crippen molar-refractivity contribution in [3.8, 4) is 121 Å². The van der Waals surface area contributed by atoms with Gasteiger partial charge in [-0.25, -0.2) is 0 Å². The summed E-state index contributed by atoms with van der Waals surface area (Å²) in [5, 5.41) is 69.2. The Kier molecular flexibility index (Phi) is 30.8. The lowest BCUT2D eigenvalue weighted by Gasteiger charge is -2.40. The van der Waals surface area contributed by atoms with Crippen LogP contribution < -0.4 is 56.8 Å². The quantitative estimate of drug-likeness (QED) is 0.0304. The largest absolute Gasteiger partial charge is 0.511 e. The van der Waals surface area contributed by atoms with Gasteiger partial charge in [0.2, 0.25) is 0 Å². The van der Waals surface area contributed by atoms with E-state index in [9.17, 15) is 45.8 Å². The highest BCUT2D eigenvalue weighted by Gasteiger charge is 2.43. The van der Waals surface area contributed by atoms with Crippen LogP contribution in [0.2, 0.25) is 15.1 Å². The molecule has 6 aliphatic rings. The number of carbonyl (C=O) groups is 2. The van der Waals surface area contributed by atoms with Crippen molar-refractivity contribution in [3.05, 3.63) is 312 Å². The number of ether oxygens (including phenoxy) is 12. The van der Waals surface area contributed by atoms with E-state index in [-0.39, 0.29) is 63.8 Å². The van der Waals surface area contributed by atoms with Crippen LogP contribution in [0.3, 0.4) is 0 Å². The van der Waals surface area contributed by atoms with Crippen molar-refractivity contribution in [2.45, 2.75) is 131 Å². The van der Waals surface area contributed by atoms with E-state index in [1.54, 1.807) is 72.9 Å². The summed E-state index contributed by atoms with van der Waals surface area (Å²) in [6, 6.07) is 56.6. The van der Waals surface area contributed by atoms with Gasteiger partial charge in [-0.3, -0.25) is 39.2 Å². The molecule has 6 aliphatic heterocycles. The number of carboxylic acids is 2. The maximum atomic E-state index is 12.1. The minimum atomic E-state index is -1.00. The fraction of sp³-hybridized carbons (Fsp3) is 0.290. The van der Waals surface area contributed by atoms with Crippen molar-refractivity contribution >= 4 is 46.7 Å². The average Bonchev–Trinajstić information content (AvgIpc) is 1.67. The summed E-state index contributed by atoms with van der Waals surface area (Å²) in [7, 11) is 0. The van der Waals surface area contributed by atoms with Gasteiger partial charge >= 0.3 is 11.9 Å². The molecule has 30 heteroatoms. The van der Waals surface area contributed by atoms with Crippen LogP contribution in [-0.4, -0.2) is 146 Å². The number of nitrogens with zero attached hydrogens (tertiary/aromatic N) is 9. The molecule has 0 aliphatic carbocycles. The molecule has 0 bridgehead atoms. The van der Waals surface area contributed by atoms with Crippen LogP contribution in [0.1, 0.15) is 110 Å². The number of aliphatic hydroxyl groups excluding tert-OH is 2. The van der Waals surface area contributed by atoms with Gasteiger partial charge in [0.1, 0.15) is 150 Å². The lowest BCUT2D eigenvalue weighted by atomic mass is 9.96. The number of aliphatic carboxylic acids is 2. The van der Waals surface area contributed by atoms with Gasteiger partial charge in [0.05, 0.1) is 43.9 Å². The Hall–Kier alpha value is -14.3. The lowest BCUT2D eigenvalue weighted by molar-refractivity contribution is -0.144. The monoisotopic (exact) mass is 1900 g/mol. The van der Waals surface area contributed by atoms with Crippen molar-refractivity contribution in [1.29, 1.82) is 15.8 Å². The fourth-order valence-electron chi connectivity index (χ4n) is 17.6. The molecule has 137 heavy (non-hydrogen) atoms. The van der Waals surface area contributed by atoms with Crippen LogP contribution in [-0.2, 0) is 68.9 Å². The second-order valence-corrected chi connectivity index (χ2v) is 35.6.